The molecule has 0 radical (unpaired) electrons. The fourth-order valence-corrected chi connectivity index (χ4v) is 1.45. The molecule has 16 heavy (non-hydrogen) atoms. The summed E-state index contributed by atoms with van der Waals surface area (Å²) in [6.07, 6.45) is 3.10. The first-order valence-corrected chi connectivity index (χ1v) is 4.83. The molecule has 0 aliphatic rings. The van der Waals surface area contributed by atoms with Crippen molar-refractivity contribution < 1.29 is 9.13 Å². The lowest BCUT2D eigenvalue weighted by Crippen LogP contribution is -1.93. The Bertz CT molecular complexity index is 514. The fourth-order valence-electron chi connectivity index (χ4n) is 1.45. The van der Waals surface area contributed by atoms with Gasteiger partial charge in [0.15, 0.2) is 0 Å². The number of methoxy groups -OCH3 is 1. The van der Waals surface area contributed by atoms with Crippen molar-refractivity contribution in [3.8, 4) is 17.1 Å². The van der Waals surface area contributed by atoms with Crippen molar-refractivity contribution in [2.75, 3.05) is 7.11 Å². The van der Waals surface area contributed by atoms with Gasteiger partial charge < -0.3 is 4.74 Å². The van der Waals surface area contributed by atoms with Crippen molar-refractivity contribution in [2.45, 2.75) is 6.92 Å². The quantitative estimate of drug-likeness (QED) is 0.777. The van der Waals surface area contributed by atoms with Crippen LogP contribution < -0.4 is 4.74 Å². The Morgan fingerprint density at radius 2 is 2.06 bits per heavy atom. The Morgan fingerprint density at radius 3 is 2.81 bits per heavy atom. The van der Waals surface area contributed by atoms with E-state index in [1.807, 2.05) is 6.92 Å². The van der Waals surface area contributed by atoms with Crippen LogP contribution in [0.2, 0.25) is 0 Å². The predicted molar refractivity (Wildman–Crippen MR) is 58.7 cm³/mol. The average Bonchev–Trinajstić information content (AvgIpc) is 2.32. The summed E-state index contributed by atoms with van der Waals surface area (Å²) in [6.45, 7) is 1.90. The van der Waals surface area contributed by atoms with Crippen LogP contribution in [0.15, 0.2) is 30.6 Å². The highest BCUT2D eigenvalue weighted by Crippen LogP contribution is 2.23. The first kappa shape index (κ1) is 10.5. The first-order chi connectivity index (χ1) is 7.70. The zero-order valence-electron chi connectivity index (χ0n) is 9.07. The molecule has 0 atom stereocenters. The van der Waals surface area contributed by atoms with Crippen LogP contribution in [0.4, 0.5) is 4.39 Å². The van der Waals surface area contributed by atoms with Crippen LogP contribution in [-0.2, 0) is 0 Å². The van der Waals surface area contributed by atoms with E-state index in [0.29, 0.717) is 11.6 Å². The molecule has 1 aromatic carbocycles. The van der Waals surface area contributed by atoms with Crippen molar-refractivity contribution in [3.63, 3.8) is 0 Å². The zero-order chi connectivity index (χ0) is 11.5. The van der Waals surface area contributed by atoms with E-state index in [0.717, 1.165) is 11.1 Å². The second-order valence-corrected chi connectivity index (χ2v) is 3.41. The SMILES string of the molecule is COc1cncc(-c2cc(F)ccc2C)n1. The molecule has 0 unspecified atom stereocenters. The summed E-state index contributed by atoms with van der Waals surface area (Å²) in [5.41, 5.74) is 2.28. The van der Waals surface area contributed by atoms with E-state index < -0.39 is 0 Å². The molecule has 0 spiro atoms. The molecule has 2 aromatic rings. The van der Waals surface area contributed by atoms with Crippen molar-refractivity contribution in [1.29, 1.82) is 0 Å². The molecule has 2 rings (SSSR count). The van der Waals surface area contributed by atoms with Gasteiger partial charge in [-0.05, 0) is 24.6 Å². The molecule has 1 aromatic heterocycles. The molecule has 0 fully saturated rings. The molecule has 1 heterocycles. The van der Waals surface area contributed by atoms with Crippen LogP contribution >= 0.6 is 0 Å². The van der Waals surface area contributed by atoms with Gasteiger partial charge in [0.05, 0.1) is 25.2 Å². The second-order valence-electron chi connectivity index (χ2n) is 3.41. The van der Waals surface area contributed by atoms with Gasteiger partial charge in [-0.15, -0.1) is 0 Å². The number of rotatable bonds is 2. The van der Waals surface area contributed by atoms with E-state index in [2.05, 4.69) is 9.97 Å². The number of aryl methyl sites for hydroxylation is 1. The third-order valence-corrected chi connectivity index (χ3v) is 2.30. The lowest BCUT2D eigenvalue weighted by atomic mass is 10.1. The number of halogens is 1. The van der Waals surface area contributed by atoms with Crippen molar-refractivity contribution in [1.82, 2.24) is 9.97 Å². The lowest BCUT2D eigenvalue weighted by molar-refractivity contribution is 0.396. The second kappa shape index (κ2) is 4.26. The van der Waals surface area contributed by atoms with Gasteiger partial charge in [-0.25, -0.2) is 9.37 Å². The summed E-state index contributed by atoms with van der Waals surface area (Å²) in [5.74, 6) is 0.131. The van der Waals surface area contributed by atoms with E-state index in [-0.39, 0.29) is 5.82 Å². The van der Waals surface area contributed by atoms with Gasteiger partial charge >= 0.3 is 0 Å². The minimum absolute atomic E-state index is 0.287. The normalized spacial score (nSPS) is 10.2. The molecule has 3 nitrogen and oxygen atoms in total. The van der Waals surface area contributed by atoms with Gasteiger partial charge in [0.25, 0.3) is 0 Å². The predicted octanol–water partition coefficient (Wildman–Crippen LogP) is 2.60. The molecule has 4 heteroatoms. The van der Waals surface area contributed by atoms with E-state index in [4.69, 9.17) is 4.74 Å². The number of hydrogen-bond acceptors (Lipinski definition) is 3. The van der Waals surface area contributed by atoms with Crippen molar-refractivity contribution >= 4 is 0 Å². The number of aromatic nitrogens is 2. The van der Waals surface area contributed by atoms with Crippen molar-refractivity contribution in [2.24, 2.45) is 0 Å². The summed E-state index contributed by atoms with van der Waals surface area (Å²) >= 11 is 0. The Hall–Kier alpha value is -1.97. The van der Waals surface area contributed by atoms with Crippen LogP contribution in [0.5, 0.6) is 5.88 Å². The molecule has 0 N–H and O–H groups in total. The van der Waals surface area contributed by atoms with Gasteiger partial charge in [-0.1, -0.05) is 6.07 Å². The van der Waals surface area contributed by atoms with Crippen LogP contribution in [0, 0.1) is 12.7 Å². The summed E-state index contributed by atoms with van der Waals surface area (Å²) in [4.78, 5) is 8.20. The maximum Gasteiger partial charge on any atom is 0.232 e. The maximum absolute atomic E-state index is 13.1. The number of benzene rings is 1. The molecule has 0 aliphatic heterocycles. The van der Waals surface area contributed by atoms with Gasteiger partial charge in [0.1, 0.15) is 5.82 Å². The Labute approximate surface area is 92.9 Å². The van der Waals surface area contributed by atoms with E-state index in [9.17, 15) is 4.39 Å². The smallest absolute Gasteiger partial charge is 0.232 e. The fraction of sp³-hybridized carbons (Fsp3) is 0.167. The van der Waals surface area contributed by atoms with Crippen LogP contribution in [0.3, 0.4) is 0 Å². The molecular weight excluding hydrogens is 207 g/mol. The maximum atomic E-state index is 13.1. The highest BCUT2D eigenvalue weighted by Gasteiger charge is 2.06. The summed E-state index contributed by atoms with van der Waals surface area (Å²) in [7, 11) is 1.52. The minimum atomic E-state index is -0.287. The molecule has 0 amide bonds. The number of nitrogens with zero attached hydrogens (tertiary/aromatic N) is 2. The Balaban J connectivity index is 2.53. The summed E-state index contributed by atoms with van der Waals surface area (Å²) < 4.78 is 18.1. The highest BCUT2D eigenvalue weighted by molar-refractivity contribution is 5.62. The summed E-state index contributed by atoms with van der Waals surface area (Å²) in [6, 6.07) is 4.58. The Kier molecular flexibility index (Phi) is 2.81. The van der Waals surface area contributed by atoms with E-state index in [1.165, 1.54) is 25.4 Å². The molecule has 0 saturated heterocycles. The highest BCUT2D eigenvalue weighted by atomic mass is 19.1. The first-order valence-electron chi connectivity index (χ1n) is 4.83. The Morgan fingerprint density at radius 1 is 1.25 bits per heavy atom. The van der Waals surface area contributed by atoms with Gasteiger partial charge in [0, 0.05) is 5.56 Å². The minimum Gasteiger partial charge on any atom is -0.480 e. The van der Waals surface area contributed by atoms with E-state index >= 15 is 0 Å². The van der Waals surface area contributed by atoms with Crippen LogP contribution in [0.25, 0.3) is 11.3 Å². The van der Waals surface area contributed by atoms with Gasteiger partial charge in [0.2, 0.25) is 5.88 Å². The standard InChI is InChI=1S/C12H11FN2O/c1-8-3-4-9(13)5-10(8)11-6-14-7-12(15-11)16-2/h3-7H,1-2H3. The molecular formula is C12H11FN2O. The molecule has 82 valence electrons. The molecule has 0 saturated carbocycles. The van der Waals surface area contributed by atoms with Gasteiger partial charge in [-0.2, -0.15) is 0 Å². The topological polar surface area (TPSA) is 35.0 Å². The number of ether oxygens (including phenoxy) is 1. The van der Waals surface area contributed by atoms with Gasteiger partial charge in [-0.3, -0.25) is 4.98 Å². The largest absolute Gasteiger partial charge is 0.480 e. The number of hydrogen-bond donors (Lipinski definition) is 0. The van der Waals surface area contributed by atoms with E-state index in [1.54, 1.807) is 12.3 Å². The summed E-state index contributed by atoms with van der Waals surface area (Å²) in [5, 5.41) is 0. The molecule has 0 bridgehead atoms. The lowest BCUT2D eigenvalue weighted by Gasteiger charge is -2.06. The van der Waals surface area contributed by atoms with Crippen molar-refractivity contribution in [3.05, 3.63) is 42.0 Å². The average molecular weight is 218 g/mol. The monoisotopic (exact) mass is 218 g/mol. The zero-order valence-corrected chi connectivity index (χ0v) is 9.07. The third kappa shape index (κ3) is 2.00. The van der Waals surface area contributed by atoms with Crippen LogP contribution in [0.1, 0.15) is 5.56 Å². The molecule has 0 aliphatic carbocycles. The third-order valence-electron chi connectivity index (χ3n) is 2.30. The van der Waals surface area contributed by atoms with Crippen LogP contribution in [-0.4, -0.2) is 17.1 Å².